The fourth-order valence-corrected chi connectivity index (χ4v) is 8.59. The van der Waals surface area contributed by atoms with Crippen molar-refractivity contribution in [2.45, 2.75) is 28.5 Å². The summed E-state index contributed by atoms with van der Waals surface area (Å²) in [6, 6.07) is 11.9. The third-order valence-corrected chi connectivity index (χ3v) is 11.2. The normalized spacial score (nSPS) is 29.5. The number of phenolic OH excluding ortho intramolecular Hbond substituents is 1. The number of hydrogen-bond acceptors (Lipinski definition) is 6. The number of amides is 4. The number of rotatable bonds is 4. The molecule has 4 amide bonds. The number of methoxy groups -OCH3 is 1. The number of para-hydroxylation sites is 1. The van der Waals surface area contributed by atoms with Gasteiger partial charge >= 0.3 is 0 Å². The Hall–Kier alpha value is -4.49. The number of allylic oxidation sites excluding steroid dienone is 2. The van der Waals surface area contributed by atoms with Gasteiger partial charge in [-0.05, 0) is 48.6 Å². The molecule has 1 saturated carbocycles. The van der Waals surface area contributed by atoms with Crippen LogP contribution in [0.2, 0.25) is 0 Å². The summed E-state index contributed by atoms with van der Waals surface area (Å²) in [4.78, 5) is 51.6. The van der Waals surface area contributed by atoms with Crippen molar-refractivity contribution in [2.24, 2.45) is 17.8 Å². The molecule has 3 aromatic carbocycles. The zero-order valence-corrected chi connectivity index (χ0v) is 26.0. The highest BCUT2D eigenvalue weighted by molar-refractivity contribution is 6.58. The third kappa shape index (κ3) is 3.94. The number of hydrogen-bond donors (Lipinski definition) is 1. The lowest BCUT2D eigenvalue weighted by Gasteiger charge is -2.50. The van der Waals surface area contributed by atoms with E-state index in [1.165, 1.54) is 19.2 Å². The molecule has 3 fully saturated rings. The van der Waals surface area contributed by atoms with Gasteiger partial charge in [0.1, 0.15) is 5.69 Å². The Kier molecular flexibility index (Phi) is 7.19. The number of ether oxygens (including phenoxy) is 1. The van der Waals surface area contributed by atoms with Crippen LogP contribution in [-0.4, -0.2) is 45.6 Å². The number of imide groups is 2. The predicted molar refractivity (Wildman–Crippen MR) is 160 cm³/mol. The Balaban J connectivity index is 1.44. The fraction of sp³-hybridized carbons (Fsp3) is 0.273. The van der Waals surface area contributed by atoms with Gasteiger partial charge < -0.3 is 9.84 Å². The number of anilines is 2. The molecular formula is C33H21Cl2F5N2O6. The van der Waals surface area contributed by atoms with Crippen LogP contribution < -0.4 is 14.5 Å². The van der Waals surface area contributed by atoms with Crippen LogP contribution >= 0.6 is 23.2 Å². The second-order valence-corrected chi connectivity index (χ2v) is 13.2. The van der Waals surface area contributed by atoms with Gasteiger partial charge in [-0.25, -0.2) is 26.9 Å². The molecule has 3 aromatic rings. The van der Waals surface area contributed by atoms with Gasteiger partial charge in [-0.3, -0.25) is 24.1 Å². The maximum absolute atomic E-state index is 15.2. The van der Waals surface area contributed by atoms with Crippen LogP contribution in [0.25, 0.3) is 0 Å². The van der Waals surface area contributed by atoms with Gasteiger partial charge in [-0.2, -0.15) is 0 Å². The Bertz CT molecular complexity index is 1980. The minimum absolute atomic E-state index is 0.00326. The monoisotopic (exact) mass is 706 g/mol. The van der Waals surface area contributed by atoms with Gasteiger partial charge in [0, 0.05) is 5.92 Å². The molecule has 6 atom stereocenters. The first-order valence-corrected chi connectivity index (χ1v) is 15.2. The molecule has 48 heavy (non-hydrogen) atoms. The van der Waals surface area contributed by atoms with E-state index in [0.29, 0.717) is 0 Å². The maximum atomic E-state index is 15.2. The van der Waals surface area contributed by atoms with E-state index in [4.69, 9.17) is 27.9 Å². The molecular weight excluding hydrogens is 686 g/mol. The Morgan fingerprint density at radius 3 is 2.04 bits per heavy atom. The van der Waals surface area contributed by atoms with E-state index < -0.39 is 104 Å². The molecule has 248 valence electrons. The van der Waals surface area contributed by atoms with Crippen LogP contribution in [0.5, 0.6) is 11.5 Å². The topological polar surface area (TPSA) is 104 Å². The molecule has 6 unspecified atom stereocenters. The summed E-state index contributed by atoms with van der Waals surface area (Å²) in [5.74, 6) is -21.8. The molecule has 2 aliphatic carbocycles. The second-order valence-electron chi connectivity index (χ2n) is 12.0. The summed E-state index contributed by atoms with van der Waals surface area (Å²) in [6.07, 6.45) is 0.910. The van der Waals surface area contributed by atoms with Crippen LogP contribution in [0, 0.1) is 46.8 Å². The molecule has 0 radical (unpaired) electrons. The van der Waals surface area contributed by atoms with Crippen LogP contribution in [0.1, 0.15) is 24.3 Å². The van der Waals surface area contributed by atoms with Gasteiger partial charge in [0.25, 0.3) is 11.8 Å². The summed E-state index contributed by atoms with van der Waals surface area (Å²) in [7, 11) is 1.27. The second kappa shape index (κ2) is 10.8. The molecule has 0 spiro atoms. The first kappa shape index (κ1) is 32.1. The maximum Gasteiger partial charge on any atom is 0.258 e. The van der Waals surface area contributed by atoms with E-state index in [0.717, 1.165) is 11.0 Å². The third-order valence-electron chi connectivity index (χ3n) is 9.77. The van der Waals surface area contributed by atoms with Gasteiger partial charge in [0.15, 0.2) is 44.5 Å². The molecule has 15 heteroatoms. The number of nitrogens with zero attached hydrogens (tertiary/aromatic N) is 2. The van der Waals surface area contributed by atoms with Crippen molar-refractivity contribution in [3.63, 3.8) is 0 Å². The number of carbonyl (C=O) groups excluding carboxylic acids is 4. The Labute approximate surface area is 278 Å². The van der Waals surface area contributed by atoms with E-state index in [-0.39, 0.29) is 33.9 Å². The van der Waals surface area contributed by atoms with Crippen LogP contribution in [0.3, 0.4) is 0 Å². The zero-order valence-electron chi connectivity index (χ0n) is 24.4. The van der Waals surface area contributed by atoms with Crippen molar-refractivity contribution in [1.29, 1.82) is 0 Å². The first-order chi connectivity index (χ1) is 22.7. The summed E-state index contributed by atoms with van der Waals surface area (Å²) in [5, 5.41) is 10.7. The Morgan fingerprint density at radius 2 is 1.44 bits per heavy atom. The molecule has 2 aliphatic heterocycles. The highest BCUT2D eigenvalue weighted by Crippen LogP contribution is 2.66. The number of phenols is 1. The van der Waals surface area contributed by atoms with E-state index in [1.54, 1.807) is 36.4 Å². The first-order valence-electron chi connectivity index (χ1n) is 14.5. The van der Waals surface area contributed by atoms with Gasteiger partial charge in [-0.15, -0.1) is 23.2 Å². The zero-order chi connectivity index (χ0) is 34.6. The van der Waals surface area contributed by atoms with Crippen LogP contribution in [0.15, 0.2) is 60.2 Å². The summed E-state index contributed by atoms with van der Waals surface area (Å²) >= 11 is 14.2. The average molecular weight is 707 g/mol. The molecule has 8 nitrogen and oxygen atoms in total. The highest BCUT2D eigenvalue weighted by atomic mass is 35.5. The van der Waals surface area contributed by atoms with E-state index >= 15 is 8.78 Å². The SMILES string of the molecule is COc1ccc(C2C3=CCC4C(=O)N(c5ccccc5)C(=O)C4C3CC3(Cl)C(=O)N(c4c(F)c(F)c(F)c(F)c4F)C(=O)C23Cl)cc1O. The van der Waals surface area contributed by atoms with E-state index in [2.05, 4.69) is 0 Å². The predicted octanol–water partition coefficient (Wildman–Crippen LogP) is 5.86. The quantitative estimate of drug-likeness (QED) is 0.0910. The minimum atomic E-state index is -2.70. The summed E-state index contributed by atoms with van der Waals surface area (Å²) < 4.78 is 78.2. The number of fused-ring (bicyclic) bond motifs is 4. The number of aromatic hydroxyl groups is 1. The lowest BCUT2D eigenvalue weighted by atomic mass is 9.56. The number of alkyl halides is 2. The summed E-state index contributed by atoms with van der Waals surface area (Å²) in [5.41, 5.74) is -1.29. The molecule has 2 saturated heterocycles. The number of halogens is 7. The van der Waals surface area contributed by atoms with Crippen LogP contribution in [-0.2, 0) is 19.2 Å². The van der Waals surface area contributed by atoms with Crippen molar-refractivity contribution in [1.82, 2.24) is 0 Å². The molecule has 2 heterocycles. The number of benzene rings is 3. The minimum Gasteiger partial charge on any atom is -0.504 e. The standard InChI is InChI=1S/C33H21Cl2F5N2O6/c1-48-19-10-7-13(11-18(19)43)21-15-8-9-16-20(29(45)41(28(16)44)14-5-3-2-4-6-14)17(15)12-32(34)30(46)42(31(47)33(21,32)35)27-25(39)23(37)22(36)24(38)26(27)40/h2-8,10-11,16-17,20-21,43H,9,12H2,1H3. The molecule has 0 bridgehead atoms. The van der Waals surface area contributed by atoms with Gasteiger partial charge in [0.05, 0.1) is 24.6 Å². The lowest BCUT2D eigenvalue weighted by Crippen LogP contribution is -2.60. The summed E-state index contributed by atoms with van der Waals surface area (Å²) in [6.45, 7) is 0. The molecule has 0 aromatic heterocycles. The lowest BCUT2D eigenvalue weighted by molar-refractivity contribution is -0.125. The molecule has 7 rings (SSSR count). The van der Waals surface area contributed by atoms with Gasteiger partial charge in [-0.1, -0.05) is 35.9 Å². The fourth-order valence-electron chi connectivity index (χ4n) is 7.66. The largest absolute Gasteiger partial charge is 0.504 e. The smallest absolute Gasteiger partial charge is 0.258 e. The van der Waals surface area contributed by atoms with Crippen molar-refractivity contribution < 1.29 is 51.0 Å². The molecule has 1 N–H and O–H groups in total. The Morgan fingerprint density at radius 1 is 0.812 bits per heavy atom. The number of carbonyl (C=O) groups is 4. The van der Waals surface area contributed by atoms with Crippen molar-refractivity contribution in [3.05, 3.63) is 94.8 Å². The van der Waals surface area contributed by atoms with Gasteiger partial charge in [0.2, 0.25) is 17.6 Å². The van der Waals surface area contributed by atoms with Crippen LogP contribution in [0.4, 0.5) is 33.3 Å². The van der Waals surface area contributed by atoms with Crippen molar-refractivity contribution in [3.8, 4) is 11.5 Å². The van der Waals surface area contributed by atoms with E-state index in [9.17, 15) is 37.5 Å². The average Bonchev–Trinajstić information content (AvgIpc) is 3.41. The van der Waals surface area contributed by atoms with Crippen molar-refractivity contribution in [2.75, 3.05) is 16.9 Å². The van der Waals surface area contributed by atoms with Crippen molar-refractivity contribution >= 4 is 58.2 Å². The molecule has 4 aliphatic rings. The highest BCUT2D eigenvalue weighted by Gasteiger charge is 2.77. The van der Waals surface area contributed by atoms with E-state index in [1.807, 2.05) is 0 Å².